The Morgan fingerprint density at radius 3 is 2.58 bits per heavy atom. The molecule has 1 amide bonds. The van der Waals surface area contributed by atoms with Crippen LogP contribution in [0.25, 0.3) is 0 Å². The van der Waals surface area contributed by atoms with Gasteiger partial charge in [-0.25, -0.2) is 4.98 Å². The van der Waals surface area contributed by atoms with Crippen LogP contribution in [0.2, 0.25) is 0 Å². The van der Waals surface area contributed by atoms with E-state index >= 15 is 0 Å². The fourth-order valence-corrected chi connectivity index (χ4v) is 3.29. The number of hydrogen-bond acceptors (Lipinski definition) is 5. The van der Waals surface area contributed by atoms with Crippen LogP contribution in [-0.4, -0.2) is 67.1 Å². The lowest BCUT2D eigenvalue weighted by molar-refractivity contribution is 0.0790. The highest BCUT2D eigenvalue weighted by molar-refractivity contribution is 5.95. The molecule has 1 N–H and O–H groups in total. The number of nitrogens with one attached hydrogen (secondary N) is 1. The fraction of sp³-hybridized carbons (Fsp3) is 0.474. The van der Waals surface area contributed by atoms with Gasteiger partial charge in [-0.05, 0) is 32.6 Å². The Balaban J connectivity index is 1.70. The maximum atomic E-state index is 12.9. The molecule has 3 rings (SSSR count). The second kappa shape index (κ2) is 7.78. The third kappa shape index (κ3) is 3.99. The summed E-state index contributed by atoms with van der Waals surface area (Å²) in [5.41, 5.74) is 1.67. The molecule has 1 atom stereocenters. The highest BCUT2D eigenvalue weighted by Crippen LogP contribution is 2.29. The average molecular weight is 358 g/mol. The molecule has 0 radical (unpaired) electrons. The highest BCUT2D eigenvalue weighted by atomic mass is 16.5. The first-order chi connectivity index (χ1) is 12.5. The number of carbonyl (C=O) groups excluding carboxylic acids is 1. The minimum absolute atomic E-state index is 0.00947. The molecule has 26 heavy (non-hydrogen) atoms. The number of hydrogen-bond donors (Lipinski definition) is 1. The van der Waals surface area contributed by atoms with Crippen LogP contribution < -0.4 is 9.47 Å². The maximum absolute atomic E-state index is 12.9. The molecule has 2 heterocycles. The van der Waals surface area contributed by atoms with Crippen molar-refractivity contribution in [3.05, 3.63) is 41.5 Å². The van der Waals surface area contributed by atoms with Gasteiger partial charge in [0.2, 0.25) is 0 Å². The Morgan fingerprint density at radius 2 is 1.96 bits per heavy atom. The number of benzene rings is 1. The highest BCUT2D eigenvalue weighted by Gasteiger charge is 2.30. The van der Waals surface area contributed by atoms with Crippen LogP contribution in [-0.2, 0) is 6.54 Å². The van der Waals surface area contributed by atoms with Crippen molar-refractivity contribution >= 4 is 5.91 Å². The summed E-state index contributed by atoms with van der Waals surface area (Å²) in [6.07, 6.45) is 2.79. The van der Waals surface area contributed by atoms with Gasteiger partial charge in [-0.2, -0.15) is 0 Å². The van der Waals surface area contributed by atoms with Crippen molar-refractivity contribution in [3.63, 3.8) is 0 Å². The molecule has 0 spiro atoms. The number of imidazole rings is 1. The predicted octanol–water partition coefficient (Wildman–Crippen LogP) is 2.12. The molecule has 1 aliphatic rings. The lowest BCUT2D eigenvalue weighted by Gasteiger charge is -2.17. The van der Waals surface area contributed by atoms with Gasteiger partial charge in [0.05, 0.1) is 14.2 Å². The normalized spacial score (nSPS) is 17.0. The maximum Gasteiger partial charge on any atom is 0.254 e. The lowest BCUT2D eigenvalue weighted by Crippen LogP contribution is -2.28. The van der Waals surface area contributed by atoms with Gasteiger partial charge in [0.15, 0.2) is 0 Å². The van der Waals surface area contributed by atoms with E-state index in [0.29, 0.717) is 30.2 Å². The second-order valence-corrected chi connectivity index (χ2v) is 6.87. The molecule has 1 aromatic carbocycles. The summed E-state index contributed by atoms with van der Waals surface area (Å²) < 4.78 is 10.5. The Kier molecular flexibility index (Phi) is 5.46. The second-order valence-electron chi connectivity index (χ2n) is 6.87. The van der Waals surface area contributed by atoms with Gasteiger partial charge in [0, 0.05) is 49.1 Å². The Hall–Kier alpha value is -2.54. The number of ether oxygens (including phenoxy) is 2. The van der Waals surface area contributed by atoms with E-state index < -0.39 is 0 Å². The van der Waals surface area contributed by atoms with Gasteiger partial charge in [0.1, 0.15) is 17.3 Å². The van der Waals surface area contributed by atoms with Crippen LogP contribution in [0.5, 0.6) is 11.5 Å². The zero-order valence-electron chi connectivity index (χ0n) is 15.8. The van der Waals surface area contributed by atoms with Gasteiger partial charge in [-0.3, -0.25) is 4.79 Å². The number of rotatable bonds is 6. The fourth-order valence-electron chi connectivity index (χ4n) is 3.29. The van der Waals surface area contributed by atoms with Gasteiger partial charge >= 0.3 is 0 Å². The summed E-state index contributed by atoms with van der Waals surface area (Å²) in [5.74, 6) is 2.41. The van der Waals surface area contributed by atoms with E-state index in [1.165, 1.54) is 0 Å². The summed E-state index contributed by atoms with van der Waals surface area (Å²) in [4.78, 5) is 24.8. The third-order valence-electron chi connectivity index (χ3n) is 4.60. The van der Waals surface area contributed by atoms with Crippen LogP contribution in [0.1, 0.15) is 34.2 Å². The Labute approximate surface area is 153 Å². The van der Waals surface area contributed by atoms with Crippen molar-refractivity contribution in [2.45, 2.75) is 18.9 Å². The smallest absolute Gasteiger partial charge is 0.254 e. The number of amides is 1. The third-order valence-corrected chi connectivity index (χ3v) is 4.60. The van der Waals surface area contributed by atoms with E-state index in [1.54, 1.807) is 32.4 Å². The van der Waals surface area contributed by atoms with E-state index in [0.717, 1.165) is 24.5 Å². The number of methoxy groups -OCH3 is 2. The van der Waals surface area contributed by atoms with Crippen LogP contribution in [0.15, 0.2) is 24.4 Å². The van der Waals surface area contributed by atoms with Crippen LogP contribution in [0, 0.1) is 0 Å². The van der Waals surface area contributed by atoms with Gasteiger partial charge in [0.25, 0.3) is 5.91 Å². The average Bonchev–Trinajstić information content (AvgIpc) is 3.29. The molecule has 7 heteroatoms. The Bertz CT molecular complexity index is 750. The number of nitrogens with zero attached hydrogens (tertiary/aromatic N) is 3. The van der Waals surface area contributed by atoms with Crippen molar-refractivity contribution in [2.24, 2.45) is 0 Å². The lowest BCUT2D eigenvalue weighted by atomic mass is 10.1. The standard InChI is InChI=1S/C19H26N4O3/c1-22(2)12-15-10-20-18(21-15)13-5-6-23(11-13)19(24)14-7-16(25-3)9-17(8-14)26-4/h7-10,13H,5-6,11-12H2,1-4H3,(H,20,21). The molecule has 1 unspecified atom stereocenters. The number of carbonyl (C=O) groups is 1. The molecule has 7 nitrogen and oxygen atoms in total. The van der Waals surface area contributed by atoms with Gasteiger partial charge in [-0.15, -0.1) is 0 Å². The van der Waals surface area contributed by atoms with Crippen LogP contribution in [0.4, 0.5) is 0 Å². The Morgan fingerprint density at radius 1 is 1.27 bits per heavy atom. The van der Waals surface area contributed by atoms with Crippen LogP contribution in [0.3, 0.4) is 0 Å². The summed E-state index contributed by atoms with van der Waals surface area (Å²) in [5, 5.41) is 0. The number of H-pyrrole nitrogens is 1. The molecule has 140 valence electrons. The van der Waals surface area contributed by atoms with E-state index in [2.05, 4.69) is 14.9 Å². The molecule has 2 aromatic rings. The topological polar surface area (TPSA) is 70.7 Å². The van der Waals surface area contributed by atoms with E-state index in [1.807, 2.05) is 25.2 Å². The summed E-state index contributed by atoms with van der Waals surface area (Å²) in [7, 11) is 7.21. The zero-order chi connectivity index (χ0) is 18.7. The first kappa shape index (κ1) is 18.3. The molecule has 1 saturated heterocycles. The molecule has 1 aliphatic heterocycles. The summed E-state index contributed by atoms with van der Waals surface area (Å²) >= 11 is 0. The van der Waals surface area contributed by atoms with Gasteiger partial charge in [-0.1, -0.05) is 0 Å². The van der Waals surface area contributed by atoms with Crippen molar-refractivity contribution in [1.82, 2.24) is 19.8 Å². The minimum atomic E-state index is -0.00947. The molecule has 0 bridgehead atoms. The first-order valence-electron chi connectivity index (χ1n) is 8.71. The van der Waals surface area contributed by atoms with Crippen LogP contribution >= 0.6 is 0 Å². The van der Waals surface area contributed by atoms with E-state index in [4.69, 9.17) is 9.47 Å². The predicted molar refractivity (Wildman–Crippen MR) is 98.8 cm³/mol. The minimum Gasteiger partial charge on any atom is -0.497 e. The molecule has 1 fully saturated rings. The number of aromatic nitrogens is 2. The summed E-state index contributed by atoms with van der Waals surface area (Å²) in [6, 6.07) is 5.26. The molecule has 1 aromatic heterocycles. The molecular formula is C19H26N4O3. The van der Waals surface area contributed by atoms with Crippen molar-refractivity contribution in [2.75, 3.05) is 41.4 Å². The van der Waals surface area contributed by atoms with Crippen molar-refractivity contribution in [1.29, 1.82) is 0 Å². The SMILES string of the molecule is COc1cc(OC)cc(C(=O)N2CCC(c3ncc(CN(C)C)[nH]3)C2)c1. The molecule has 0 aliphatic carbocycles. The summed E-state index contributed by atoms with van der Waals surface area (Å²) in [6.45, 7) is 2.20. The first-order valence-corrected chi connectivity index (χ1v) is 8.71. The largest absolute Gasteiger partial charge is 0.497 e. The number of aromatic amines is 1. The molecular weight excluding hydrogens is 332 g/mol. The zero-order valence-corrected chi connectivity index (χ0v) is 15.8. The van der Waals surface area contributed by atoms with Crippen molar-refractivity contribution < 1.29 is 14.3 Å². The monoisotopic (exact) mass is 358 g/mol. The van der Waals surface area contributed by atoms with E-state index in [-0.39, 0.29) is 11.8 Å². The molecule has 0 saturated carbocycles. The number of likely N-dealkylation sites (tertiary alicyclic amines) is 1. The van der Waals surface area contributed by atoms with Crippen molar-refractivity contribution in [3.8, 4) is 11.5 Å². The van der Waals surface area contributed by atoms with E-state index in [9.17, 15) is 4.79 Å². The van der Waals surface area contributed by atoms with Gasteiger partial charge < -0.3 is 24.3 Å². The quantitative estimate of drug-likeness (QED) is 0.856.